The normalized spacial score (nSPS) is 12.5. The van der Waals surface area contributed by atoms with Gasteiger partial charge < -0.3 is 4.74 Å². The molecule has 0 aromatic rings. The van der Waals surface area contributed by atoms with E-state index in [4.69, 9.17) is 4.55 Å². The molecular formula is C7H13KO5S. The van der Waals surface area contributed by atoms with Gasteiger partial charge in [-0.25, -0.2) is 4.79 Å². The molecule has 0 amide bonds. The monoisotopic (exact) mass is 248 g/mol. The Morgan fingerprint density at radius 2 is 2.00 bits per heavy atom. The SMILES string of the molecule is C=C(C)C(=O)OC(CC)S(=O)(=O)O.[KH]. The van der Waals surface area contributed by atoms with E-state index in [-0.39, 0.29) is 63.4 Å². The first-order valence-corrected chi connectivity index (χ1v) is 5.12. The van der Waals surface area contributed by atoms with E-state index in [1.807, 2.05) is 0 Å². The third kappa shape index (κ3) is 6.28. The Balaban J connectivity index is 0. The Kier molecular flexibility index (Phi) is 8.70. The van der Waals surface area contributed by atoms with Crippen molar-refractivity contribution in [2.45, 2.75) is 25.7 Å². The maximum absolute atomic E-state index is 10.9. The van der Waals surface area contributed by atoms with Crippen LogP contribution in [0.2, 0.25) is 0 Å². The number of ether oxygens (including phenoxy) is 1. The van der Waals surface area contributed by atoms with Gasteiger partial charge >= 0.3 is 67.5 Å². The molecule has 14 heavy (non-hydrogen) atoms. The van der Waals surface area contributed by atoms with E-state index in [2.05, 4.69) is 11.3 Å². The van der Waals surface area contributed by atoms with Gasteiger partial charge in [0.1, 0.15) is 0 Å². The molecule has 0 radical (unpaired) electrons. The van der Waals surface area contributed by atoms with E-state index in [9.17, 15) is 13.2 Å². The summed E-state index contributed by atoms with van der Waals surface area (Å²) in [5.41, 5.74) is -1.42. The van der Waals surface area contributed by atoms with Crippen LogP contribution in [0.1, 0.15) is 20.3 Å². The van der Waals surface area contributed by atoms with Crippen molar-refractivity contribution in [1.29, 1.82) is 0 Å². The molecule has 0 bridgehead atoms. The molecule has 1 atom stereocenters. The number of hydrogen-bond acceptors (Lipinski definition) is 4. The van der Waals surface area contributed by atoms with E-state index in [0.717, 1.165) is 0 Å². The van der Waals surface area contributed by atoms with Gasteiger partial charge in [-0.15, -0.1) is 0 Å². The van der Waals surface area contributed by atoms with Gasteiger partial charge in [0.05, 0.1) is 0 Å². The van der Waals surface area contributed by atoms with Gasteiger partial charge in [0.2, 0.25) is 5.44 Å². The van der Waals surface area contributed by atoms with Crippen molar-refractivity contribution in [2.24, 2.45) is 0 Å². The van der Waals surface area contributed by atoms with Crippen LogP contribution in [0.15, 0.2) is 12.2 Å². The van der Waals surface area contributed by atoms with Crippen LogP contribution in [-0.2, 0) is 19.6 Å². The minimum atomic E-state index is -4.33. The molecule has 0 saturated carbocycles. The third-order valence-corrected chi connectivity index (χ3v) is 2.35. The van der Waals surface area contributed by atoms with Crippen LogP contribution in [0.4, 0.5) is 0 Å². The molecule has 0 aliphatic rings. The van der Waals surface area contributed by atoms with Crippen molar-refractivity contribution < 1.29 is 22.5 Å². The van der Waals surface area contributed by atoms with E-state index in [0.29, 0.717) is 0 Å². The molecule has 0 heterocycles. The van der Waals surface area contributed by atoms with Gasteiger partial charge in [-0.2, -0.15) is 8.42 Å². The molecule has 5 nitrogen and oxygen atoms in total. The van der Waals surface area contributed by atoms with E-state index >= 15 is 0 Å². The van der Waals surface area contributed by atoms with Crippen LogP contribution in [0.5, 0.6) is 0 Å². The van der Waals surface area contributed by atoms with E-state index in [1.54, 1.807) is 0 Å². The fourth-order valence-electron chi connectivity index (χ4n) is 0.575. The molecule has 78 valence electrons. The average Bonchev–Trinajstić information content (AvgIpc) is 1.96. The minimum absolute atomic E-state index is 0. The fraction of sp³-hybridized carbons (Fsp3) is 0.571. The molecule has 0 aliphatic carbocycles. The summed E-state index contributed by atoms with van der Waals surface area (Å²) < 4.78 is 34.2. The molecule has 0 fully saturated rings. The summed E-state index contributed by atoms with van der Waals surface area (Å²) in [5.74, 6) is -0.829. The summed E-state index contributed by atoms with van der Waals surface area (Å²) in [4.78, 5) is 10.9. The first-order chi connectivity index (χ1) is 5.79. The standard InChI is InChI=1S/C7H12O5S.K.H/c1-4-6(13(9,10)11)12-7(8)5(2)3;;/h6H,2,4H2,1,3H3,(H,9,10,11);;. The van der Waals surface area contributed by atoms with Crippen LogP contribution in [0, 0.1) is 0 Å². The molecule has 0 rings (SSSR count). The van der Waals surface area contributed by atoms with Crippen molar-refractivity contribution in [3.8, 4) is 0 Å². The molecule has 1 N–H and O–H groups in total. The fourth-order valence-corrected chi connectivity index (χ4v) is 1.20. The average molecular weight is 248 g/mol. The third-order valence-electron chi connectivity index (χ3n) is 1.25. The molecule has 0 spiro atoms. The summed E-state index contributed by atoms with van der Waals surface area (Å²) in [6.45, 7) is 6.14. The van der Waals surface area contributed by atoms with Crippen molar-refractivity contribution in [2.75, 3.05) is 0 Å². The molecular weight excluding hydrogens is 235 g/mol. The zero-order valence-electron chi connectivity index (χ0n) is 7.48. The summed E-state index contributed by atoms with van der Waals surface area (Å²) in [6, 6.07) is 0. The van der Waals surface area contributed by atoms with E-state index in [1.165, 1.54) is 13.8 Å². The van der Waals surface area contributed by atoms with Crippen molar-refractivity contribution in [1.82, 2.24) is 0 Å². The molecule has 0 aliphatic heterocycles. The number of esters is 1. The van der Waals surface area contributed by atoms with Gasteiger partial charge in [-0.3, -0.25) is 4.55 Å². The summed E-state index contributed by atoms with van der Waals surface area (Å²) in [7, 11) is -4.33. The van der Waals surface area contributed by atoms with Gasteiger partial charge in [-0.1, -0.05) is 13.5 Å². The Morgan fingerprint density at radius 3 is 2.21 bits per heavy atom. The maximum atomic E-state index is 10.9. The molecule has 7 heteroatoms. The topological polar surface area (TPSA) is 80.7 Å². The predicted octanol–water partition coefficient (Wildman–Crippen LogP) is 0.0811. The van der Waals surface area contributed by atoms with Crippen molar-refractivity contribution in [3.63, 3.8) is 0 Å². The number of carbonyl (C=O) groups is 1. The first kappa shape index (κ1) is 17.2. The van der Waals surface area contributed by atoms with Gasteiger partial charge in [0.15, 0.2) is 0 Å². The van der Waals surface area contributed by atoms with Crippen LogP contribution in [-0.4, -0.2) is 75.8 Å². The summed E-state index contributed by atoms with van der Waals surface area (Å²) >= 11 is 0. The Morgan fingerprint density at radius 1 is 1.57 bits per heavy atom. The van der Waals surface area contributed by atoms with Crippen LogP contribution < -0.4 is 0 Å². The van der Waals surface area contributed by atoms with Crippen LogP contribution >= 0.6 is 0 Å². The molecule has 0 aromatic heterocycles. The quantitative estimate of drug-likeness (QED) is 0.330. The number of carbonyl (C=O) groups excluding carboxylic acids is 1. The van der Waals surface area contributed by atoms with Crippen molar-refractivity contribution >= 4 is 67.5 Å². The number of rotatable bonds is 4. The van der Waals surface area contributed by atoms with Crippen LogP contribution in [0.25, 0.3) is 0 Å². The van der Waals surface area contributed by atoms with E-state index < -0.39 is 21.5 Å². The molecule has 0 aromatic carbocycles. The second-order valence-electron chi connectivity index (χ2n) is 2.54. The zero-order chi connectivity index (χ0) is 10.6. The predicted molar refractivity (Wildman–Crippen MR) is 53.7 cm³/mol. The van der Waals surface area contributed by atoms with Crippen LogP contribution in [0.3, 0.4) is 0 Å². The molecule has 0 saturated heterocycles. The summed E-state index contributed by atoms with van der Waals surface area (Å²) in [5, 5.41) is 0. The summed E-state index contributed by atoms with van der Waals surface area (Å²) in [6.07, 6.45) is -0.00213. The zero-order valence-corrected chi connectivity index (χ0v) is 8.30. The Bertz CT molecular complexity index is 308. The van der Waals surface area contributed by atoms with Gasteiger partial charge in [0.25, 0.3) is 0 Å². The first-order valence-electron chi connectivity index (χ1n) is 3.61. The Labute approximate surface area is 126 Å². The van der Waals surface area contributed by atoms with Gasteiger partial charge in [-0.05, 0) is 13.3 Å². The van der Waals surface area contributed by atoms with Gasteiger partial charge in [0, 0.05) is 5.57 Å². The number of hydrogen-bond donors (Lipinski definition) is 1. The second kappa shape index (κ2) is 7.10. The molecule has 1 unspecified atom stereocenters. The Hall–Kier alpha value is 0.756. The van der Waals surface area contributed by atoms with Crippen molar-refractivity contribution in [3.05, 3.63) is 12.2 Å². The second-order valence-corrected chi connectivity index (χ2v) is 4.09.